The quantitative estimate of drug-likeness (QED) is 0.473. The third kappa shape index (κ3) is 4.87. The van der Waals surface area contributed by atoms with E-state index in [-0.39, 0.29) is 33.0 Å². The fourth-order valence-electron chi connectivity index (χ4n) is 5.76. The summed E-state index contributed by atoms with van der Waals surface area (Å²) >= 11 is 5.93. The summed E-state index contributed by atoms with van der Waals surface area (Å²) in [6, 6.07) is 12.5. The summed E-state index contributed by atoms with van der Waals surface area (Å²) in [5.74, 6) is -0.681. The zero-order valence-electron chi connectivity index (χ0n) is 21.4. The van der Waals surface area contributed by atoms with Gasteiger partial charge < -0.3 is 9.50 Å². The number of carbonyl (C=O) groups excluding carboxylic acids is 2. The van der Waals surface area contributed by atoms with Gasteiger partial charge in [-0.1, -0.05) is 57.5 Å². The van der Waals surface area contributed by atoms with E-state index in [0.717, 1.165) is 11.4 Å². The van der Waals surface area contributed by atoms with Gasteiger partial charge in [-0.3, -0.25) is 9.59 Å². The third-order valence-electron chi connectivity index (χ3n) is 7.25. The second-order valence-electron chi connectivity index (χ2n) is 11.8. The van der Waals surface area contributed by atoms with Crippen molar-refractivity contribution in [2.75, 3.05) is 0 Å². The first-order valence-corrected chi connectivity index (χ1v) is 14.1. The number of Topliss-reactive ketones (excluding diaryl/α,β-unsaturated/α-hetero) is 2. The molecule has 2 aromatic rings. The monoisotopic (exact) mass is 539 g/mol. The Morgan fingerprint density at radius 3 is 1.86 bits per heavy atom. The molecule has 0 bridgehead atoms. The predicted octanol–water partition coefficient (Wildman–Crippen LogP) is 6.08. The van der Waals surface area contributed by atoms with Crippen LogP contribution in [0.5, 0.6) is 5.75 Å². The molecule has 2 aromatic carbocycles. The van der Waals surface area contributed by atoms with Crippen molar-refractivity contribution < 1.29 is 22.2 Å². The Hall–Kier alpha value is -2.90. The molecule has 1 heterocycles. The molecule has 8 heteroatoms. The van der Waals surface area contributed by atoms with Crippen molar-refractivity contribution in [2.24, 2.45) is 10.8 Å². The van der Waals surface area contributed by atoms with Gasteiger partial charge in [0.05, 0.1) is 0 Å². The van der Waals surface area contributed by atoms with Gasteiger partial charge in [-0.05, 0) is 54.0 Å². The minimum atomic E-state index is -4.19. The predicted molar refractivity (Wildman–Crippen MR) is 142 cm³/mol. The lowest BCUT2D eigenvalue weighted by Crippen LogP contribution is -2.42. The molecule has 6 nitrogen and oxygen atoms in total. The Kier molecular flexibility index (Phi) is 6.15. The number of rotatable bonds is 4. The molecule has 5 rings (SSSR count). The average molecular weight is 540 g/mol. The van der Waals surface area contributed by atoms with E-state index >= 15 is 0 Å². The second-order valence-corrected chi connectivity index (χ2v) is 13.7. The van der Waals surface area contributed by atoms with Crippen LogP contribution in [0.1, 0.15) is 64.9 Å². The maximum Gasteiger partial charge on any atom is 0.339 e. The summed E-state index contributed by atoms with van der Waals surface area (Å²) in [5.41, 5.74) is 2.72. The summed E-state index contributed by atoms with van der Waals surface area (Å²) in [7, 11) is -4.19. The lowest BCUT2D eigenvalue weighted by Gasteiger charge is -2.44. The number of hydrogen-bond acceptors (Lipinski definition) is 6. The highest BCUT2D eigenvalue weighted by atomic mass is 35.5. The van der Waals surface area contributed by atoms with Crippen molar-refractivity contribution in [3.05, 3.63) is 81.7 Å². The molecule has 0 aromatic heterocycles. The number of nitrogens with one attached hydrogen (secondary N) is 1. The van der Waals surface area contributed by atoms with Crippen molar-refractivity contribution in [2.45, 2.75) is 64.2 Å². The molecular formula is C29H30ClNO5S. The number of hydrogen-bond donors (Lipinski definition) is 1. The topological polar surface area (TPSA) is 89.5 Å². The van der Waals surface area contributed by atoms with Gasteiger partial charge in [0.2, 0.25) is 0 Å². The number of halogens is 1. The van der Waals surface area contributed by atoms with Crippen LogP contribution in [0.25, 0.3) is 0 Å². The minimum absolute atomic E-state index is 0.0386. The molecule has 0 saturated heterocycles. The van der Waals surface area contributed by atoms with Gasteiger partial charge in [-0.25, -0.2) is 0 Å². The first kappa shape index (κ1) is 25.7. The Morgan fingerprint density at radius 1 is 0.811 bits per heavy atom. The van der Waals surface area contributed by atoms with E-state index in [0.29, 0.717) is 47.4 Å². The van der Waals surface area contributed by atoms with Gasteiger partial charge >= 0.3 is 10.1 Å². The Balaban J connectivity index is 1.67. The van der Waals surface area contributed by atoms with Crippen LogP contribution in [-0.2, 0) is 19.7 Å². The number of para-hydroxylation sites is 1. The van der Waals surface area contributed by atoms with Crippen LogP contribution in [-0.4, -0.2) is 20.0 Å². The highest BCUT2D eigenvalue weighted by molar-refractivity contribution is 7.87. The maximum absolute atomic E-state index is 13.6. The lowest BCUT2D eigenvalue weighted by molar-refractivity contribution is -0.119. The highest BCUT2D eigenvalue weighted by Gasteiger charge is 2.47. The van der Waals surface area contributed by atoms with E-state index in [1.54, 1.807) is 24.3 Å². The van der Waals surface area contributed by atoms with Crippen LogP contribution >= 0.6 is 11.6 Å². The van der Waals surface area contributed by atoms with Crippen molar-refractivity contribution in [3.8, 4) is 5.75 Å². The Labute approximate surface area is 222 Å². The molecule has 0 amide bonds. The summed E-state index contributed by atoms with van der Waals surface area (Å²) < 4.78 is 32.0. The van der Waals surface area contributed by atoms with Gasteiger partial charge in [-0.15, -0.1) is 0 Å². The van der Waals surface area contributed by atoms with E-state index in [9.17, 15) is 18.0 Å². The molecule has 0 unspecified atom stereocenters. The zero-order chi connectivity index (χ0) is 26.8. The number of benzene rings is 2. The largest absolute Gasteiger partial charge is 0.379 e. The number of carbonyl (C=O) groups is 2. The van der Waals surface area contributed by atoms with Crippen LogP contribution in [0, 0.1) is 10.8 Å². The highest BCUT2D eigenvalue weighted by Crippen LogP contribution is 2.52. The van der Waals surface area contributed by atoms with Gasteiger partial charge in [0.1, 0.15) is 10.6 Å². The Morgan fingerprint density at radius 2 is 1.32 bits per heavy atom. The van der Waals surface area contributed by atoms with Crippen LogP contribution in [0.3, 0.4) is 0 Å². The summed E-state index contributed by atoms with van der Waals surface area (Å²) in [6.07, 6.45) is 2.00. The van der Waals surface area contributed by atoms with E-state index in [2.05, 4.69) is 33.0 Å². The minimum Gasteiger partial charge on any atom is -0.379 e. The molecule has 0 fully saturated rings. The molecule has 0 atom stereocenters. The first-order valence-electron chi connectivity index (χ1n) is 12.3. The van der Waals surface area contributed by atoms with E-state index < -0.39 is 16.0 Å². The molecule has 37 heavy (non-hydrogen) atoms. The average Bonchev–Trinajstić information content (AvgIpc) is 2.76. The van der Waals surface area contributed by atoms with E-state index in [4.69, 9.17) is 15.8 Å². The maximum atomic E-state index is 13.6. The van der Waals surface area contributed by atoms with Crippen LogP contribution < -0.4 is 9.50 Å². The van der Waals surface area contributed by atoms with Crippen LogP contribution in [0.15, 0.2) is 76.0 Å². The van der Waals surface area contributed by atoms with Gasteiger partial charge in [0.15, 0.2) is 11.6 Å². The van der Waals surface area contributed by atoms with Crippen LogP contribution in [0.4, 0.5) is 0 Å². The number of allylic oxidation sites excluding steroid dienone is 4. The molecule has 0 radical (unpaired) electrons. The van der Waals surface area contributed by atoms with E-state index in [1.165, 1.54) is 24.3 Å². The van der Waals surface area contributed by atoms with Crippen molar-refractivity contribution in [1.29, 1.82) is 0 Å². The second kappa shape index (κ2) is 8.84. The molecule has 194 valence electrons. The normalized spacial score (nSPS) is 21.3. The Bertz CT molecular complexity index is 1430. The molecule has 2 aliphatic carbocycles. The fourth-order valence-corrected chi connectivity index (χ4v) is 6.84. The fraction of sp³-hybridized carbons (Fsp3) is 0.379. The van der Waals surface area contributed by atoms with Gasteiger partial charge in [-0.2, -0.15) is 8.42 Å². The lowest BCUT2D eigenvalue weighted by atomic mass is 9.64. The summed E-state index contributed by atoms with van der Waals surface area (Å²) in [4.78, 5) is 27.1. The number of dihydropyridines is 1. The molecule has 3 aliphatic rings. The first-order chi connectivity index (χ1) is 17.3. The molecule has 1 aliphatic heterocycles. The smallest absolute Gasteiger partial charge is 0.339 e. The standard InChI is InChI=1S/C29H30ClNO5S/c1-28(2)13-20-26(22(32)15-28)25(27-21(31-20)14-29(3,4)16-23(27)33)19-7-5-6-8-24(19)36-37(34,35)18-11-9-17(30)10-12-18/h5-12,25,31H,13-16H2,1-4H3. The summed E-state index contributed by atoms with van der Waals surface area (Å²) in [5, 5.41) is 3.88. The van der Waals surface area contributed by atoms with Crippen molar-refractivity contribution in [3.63, 3.8) is 0 Å². The van der Waals surface area contributed by atoms with Crippen molar-refractivity contribution >= 4 is 33.3 Å². The molecule has 1 N–H and O–H groups in total. The molecule has 0 saturated carbocycles. The van der Waals surface area contributed by atoms with Gasteiger partial charge in [0, 0.05) is 51.9 Å². The molecular weight excluding hydrogens is 510 g/mol. The van der Waals surface area contributed by atoms with E-state index in [1.807, 2.05) is 0 Å². The van der Waals surface area contributed by atoms with Crippen molar-refractivity contribution in [1.82, 2.24) is 5.32 Å². The summed E-state index contributed by atoms with van der Waals surface area (Å²) in [6.45, 7) is 8.23. The number of ketones is 2. The molecule has 0 spiro atoms. The third-order valence-corrected chi connectivity index (χ3v) is 8.75. The van der Waals surface area contributed by atoms with Crippen LogP contribution in [0.2, 0.25) is 5.02 Å². The van der Waals surface area contributed by atoms with Gasteiger partial charge in [0.25, 0.3) is 0 Å². The SMILES string of the molecule is CC1(C)CC(=O)C2=C(C1)NC1=C(C(=O)CC(C)(C)C1)C2c1ccccc1OS(=O)(=O)c1ccc(Cl)cc1. The zero-order valence-corrected chi connectivity index (χ0v) is 22.9.